The summed E-state index contributed by atoms with van der Waals surface area (Å²) in [7, 11) is 1.53. The molecule has 2 N–H and O–H groups in total. The van der Waals surface area contributed by atoms with Gasteiger partial charge in [0.15, 0.2) is 0 Å². The van der Waals surface area contributed by atoms with Crippen molar-refractivity contribution in [1.82, 2.24) is 5.43 Å². The van der Waals surface area contributed by atoms with Gasteiger partial charge >= 0.3 is 0 Å². The number of hydrogen-bond acceptors (Lipinski definition) is 4. The fourth-order valence-corrected chi connectivity index (χ4v) is 2.59. The van der Waals surface area contributed by atoms with Crippen LogP contribution in [0.15, 0.2) is 77.9 Å². The van der Waals surface area contributed by atoms with E-state index in [1.165, 1.54) is 13.2 Å². The Labute approximate surface area is 157 Å². The molecule has 0 aromatic heterocycles. The normalized spacial score (nSPS) is 11.1. The zero-order valence-electron chi connectivity index (χ0n) is 15.1. The molecule has 0 fully saturated rings. The van der Waals surface area contributed by atoms with E-state index >= 15 is 0 Å². The number of nitrogens with zero attached hydrogens (tertiary/aromatic N) is 1. The number of phenolic OH excluding ortho intramolecular Hbond substituents is 1. The van der Waals surface area contributed by atoms with Gasteiger partial charge in [-0.15, -0.1) is 0 Å². The Morgan fingerprint density at radius 3 is 2.30 bits per heavy atom. The van der Waals surface area contributed by atoms with Crippen molar-refractivity contribution in [3.05, 3.63) is 95.1 Å². The van der Waals surface area contributed by atoms with Crippen molar-refractivity contribution in [3.8, 4) is 11.5 Å². The third-order valence-corrected chi connectivity index (χ3v) is 4.09. The van der Waals surface area contributed by atoms with Crippen LogP contribution in [0.1, 0.15) is 27.0 Å². The molecule has 0 radical (unpaired) electrons. The lowest BCUT2D eigenvalue weighted by atomic mass is 10.0. The average molecular weight is 360 g/mol. The van der Waals surface area contributed by atoms with E-state index in [1.54, 1.807) is 36.4 Å². The molecule has 0 heterocycles. The Kier molecular flexibility index (Phi) is 5.52. The molecule has 0 atom stereocenters. The first-order chi connectivity index (χ1) is 13.1. The maximum absolute atomic E-state index is 12.4. The van der Waals surface area contributed by atoms with Crippen LogP contribution in [-0.4, -0.2) is 23.8 Å². The van der Waals surface area contributed by atoms with Crippen LogP contribution in [0, 0.1) is 6.92 Å². The van der Waals surface area contributed by atoms with E-state index in [0.29, 0.717) is 22.6 Å². The zero-order chi connectivity index (χ0) is 19.2. The van der Waals surface area contributed by atoms with Gasteiger partial charge in [0.2, 0.25) is 0 Å². The number of ether oxygens (including phenoxy) is 1. The highest BCUT2D eigenvalue weighted by Crippen LogP contribution is 2.26. The standard InChI is InChI=1S/C22H20N2O3/c1-15-8-10-16(11-9-15)21(19-13-12-18(27-2)14-20(19)25)23-24-22(26)17-6-4-3-5-7-17/h3-14,25H,1-2H3,(H,24,26)/b23-21+. The number of aryl methyl sites for hydroxylation is 1. The van der Waals surface area contributed by atoms with E-state index in [0.717, 1.165) is 11.1 Å². The molecular weight excluding hydrogens is 340 g/mol. The Bertz CT molecular complexity index is 965. The van der Waals surface area contributed by atoms with Crippen molar-refractivity contribution in [3.63, 3.8) is 0 Å². The van der Waals surface area contributed by atoms with Crippen LogP contribution in [0.5, 0.6) is 11.5 Å². The van der Waals surface area contributed by atoms with Crippen molar-refractivity contribution in [1.29, 1.82) is 0 Å². The molecule has 3 aromatic carbocycles. The summed E-state index contributed by atoms with van der Waals surface area (Å²) in [6.45, 7) is 1.99. The lowest BCUT2D eigenvalue weighted by molar-refractivity contribution is 0.0955. The number of hydrazone groups is 1. The van der Waals surface area contributed by atoms with Gasteiger partial charge in [-0.05, 0) is 31.2 Å². The van der Waals surface area contributed by atoms with Crippen LogP contribution in [0.3, 0.4) is 0 Å². The second-order valence-corrected chi connectivity index (χ2v) is 6.02. The number of rotatable bonds is 5. The quantitative estimate of drug-likeness (QED) is 0.536. The molecule has 136 valence electrons. The first-order valence-corrected chi connectivity index (χ1v) is 8.46. The smallest absolute Gasteiger partial charge is 0.271 e. The summed E-state index contributed by atoms with van der Waals surface area (Å²) in [5.41, 5.74) is 5.90. The van der Waals surface area contributed by atoms with Crippen molar-refractivity contribution < 1.29 is 14.6 Å². The second-order valence-electron chi connectivity index (χ2n) is 6.02. The Balaban J connectivity index is 2.00. The highest BCUT2D eigenvalue weighted by Gasteiger charge is 2.14. The van der Waals surface area contributed by atoms with Gasteiger partial charge in [-0.25, -0.2) is 5.43 Å². The van der Waals surface area contributed by atoms with Crippen LogP contribution in [0.2, 0.25) is 0 Å². The molecular formula is C22H20N2O3. The average Bonchev–Trinajstić information content (AvgIpc) is 2.70. The zero-order valence-corrected chi connectivity index (χ0v) is 15.1. The third kappa shape index (κ3) is 4.33. The molecule has 0 unspecified atom stereocenters. The van der Waals surface area contributed by atoms with Crippen LogP contribution >= 0.6 is 0 Å². The minimum Gasteiger partial charge on any atom is -0.507 e. The number of nitrogens with one attached hydrogen (secondary N) is 1. The molecule has 5 nitrogen and oxygen atoms in total. The Morgan fingerprint density at radius 1 is 0.963 bits per heavy atom. The van der Waals surface area contributed by atoms with Gasteiger partial charge in [-0.3, -0.25) is 4.79 Å². The number of methoxy groups -OCH3 is 1. The largest absolute Gasteiger partial charge is 0.507 e. The first-order valence-electron chi connectivity index (χ1n) is 8.46. The predicted octanol–water partition coefficient (Wildman–Crippen LogP) is 3.89. The van der Waals surface area contributed by atoms with E-state index < -0.39 is 0 Å². The molecule has 5 heteroatoms. The van der Waals surface area contributed by atoms with Crippen molar-refractivity contribution >= 4 is 11.6 Å². The summed E-state index contributed by atoms with van der Waals surface area (Å²) >= 11 is 0. The molecule has 3 aromatic rings. The predicted molar refractivity (Wildman–Crippen MR) is 105 cm³/mol. The van der Waals surface area contributed by atoms with Crippen LogP contribution < -0.4 is 10.2 Å². The lowest BCUT2D eigenvalue weighted by Crippen LogP contribution is -2.20. The van der Waals surface area contributed by atoms with Gasteiger partial charge in [0.05, 0.1) is 7.11 Å². The molecule has 0 saturated carbocycles. The molecule has 3 rings (SSSR count). The molecule has 0 bridgehead atoms. The summed E-state index contributed by atoms with van der Waals surface area (Å²) in [6, 6.07) is 21.5. The van der Waals surface area contributed by atoms with E-state index in [-0.39, 0.29) is 11.7 Å². The van der Waals surface area contributed by atoms with Gasteiger partial charge in [-0.2, -0.15) is 5.10 Å². The van der Waals surface area contributed by atoms with E-state index in [2.05, 4.69) is 10.5 Å². The minimum absolute atomic E-state index is 0.0163. The Hall–Kier alpha value is -3.60. The van der Waals surface area contributed by atoms with Crippen LogP contribution in [0.25, 0.3) is 0 Å². The summed E-state index contributed by atoms with van der Waals surface area (Å²) in [5.74, 6) is 0.226. The van der Waals surface area contributed by atoms with Crippen molar-refractivity contribution in [2.45, 2.75) is 6.92 Å². The number of aromatic hydroxyl groups is 1. The first kappa shape index (κ1) is 18.2. The monoisotopic (exact) mass is 360 g/mol. The molecule has 0 saturated heterocycles. The van der Waals surface area contributed by atoms with E-state index in [1.807, 2.05) is 37.3 Å². The minimum atomic E-state index is -0.326. The molecule has 0 aliphatic carbocycles. The van der Waals surface area contributed by atoms with Gasteiger partial charge in [-0.1, -0.05) is 48.0 Å². The summed E-state index contributed by atoms with van der Waals surface area (Å²) in [6.07, 6.45) is 0. The van der Waals surface area contributed by atoms with Gasteiger partial charge in [0.1, 0.15) is 17.2 Å². The van der Waals surface area contributed by atoms with E-state index in [9.17, 15) is 9.90 Å². The molecule has 0 aliphatic heterocycles. The number of amides is 1. The number of carbonyl (C=O) groups excluding carboxylic acids is 1. The fourth-order valence-electron chi connectivity index (χ4n) is 2.59. The number of benzene rings is 3. The van der Waals surface area contributed by atoms with E-state index in [4.69, 9.17) is 4.74 Å². The fraction of sp³-hybridized carbons (Fsp3) is 0.0909. The second kappa shape index (κ2) is 8.19. The number of carbonyl (C=O) groups is 1. The topological polar surface area (TPSA) is 70.9 Å². The van der Waals surface area contributed by atoms with Crippen molar-refractivity contribution in [2.24, 2.45) is 5.10 Å². The molecule has 0 spiro atoms. The van der Waals surface area contributed by atoms with Crippen molar-refractivity contribution in [2.75, 3.05) is 7.11 Å². The van der Waals surface area contributed by atoms with Crippen LogP contribution in [-0.2, 0) is 0 Å². The molecule has 27 heavy (non-hydrogen) atoms. The highest BCUT2D eigenvalue weighted by atomic mass is 16.5. The number of phenols is 1. The number of hydrogen-bond donors (Lipinski definition) is 2. The summed E-state index contributed by atoms with van der Waals surface area (Å²) in [4.78, 5) is 12.4. The lowest BCUT2D eigenvalue weighted by Gasteiger charge is -2.11. The van der Waals surface area contributed by atoms with Gasteiger partial charge in [0, 0.05) is 22.8 Å². The maximum atomic E-state index is 12.4. The van der Waals surface area contributed by atoms with Gasteiger partial charge in [0.25, 0.3) is 5.91 Å². The Morgan fingerprint density at radius 2 is 1.67 bits per heavy atom. The van der Waals surface area contributed by atoms with Gasteiger partial charge < -0.3 is 9.84 Å². The maximum Gasteiger partial charge on any atom is 0.271 e. The molecule has 1 amide bonds. The third-order valence-electron chi connectivity index (χ3n) is 4.09. The highest BCUT2D eigenvalue weighted by molar-refractivity contribution is 6.15. The summed E-state index contributed by atoms with van der Waals surface area (Å²) < 4.78 is 5.14. The summed E-state index contributed by atoms with van der Waals surface area (Å²) in [5, 5.41) is 14.7. The molecule has 0 aliphatic rings. The van der Waals surface area contributed by atoms with Crippen LogP contribution in [0.4, 0.5) is 0 Å². The SMILES string of the molecule is COc1ccc(/C(=N/NC(=O)c2ccccc2)c2ccc(C)cc2)c(O)c1.